The number of benzene rings is 2. The molecule has 0 aliphatic rings. The highest BCUT2D eigenvalue weighted by atomic mass is 35.5. The summed E-state index contributed by atoms with van der Waals surface area (Å²) in [6.07, 6.45) is 0.165. The molecular formula is C19H21ClN2O2. The summed E-state index contributed by atoms with van der Waals surface area (Å²) in [5.74, 6) is -0.412. The third-order valence-electron chi connectivity index (χ3n) is 3.46. The number of rotatable bonds is 6. The molecule has 2 aromatic rings. The van der Waals surface area contributed by atoms with Crippen LogP contribution in [0, 0.1) is 0 Å². The Labute approximate surface area is 147 Å². The van der Waals surface area contributed by atoms with E-state index in [4.69, 9.17) is 11.6 Å². The molecule has 0 aliphatic heterocycles. The summed E-state index contributed by atoms with van der Waals surface area (Å²) in [4.78, 5) is 24.7. The molecule has 2 N–H and O–H groups in total. The molecular weight excluding hydrogens is 324 g/mol. The normalized spacial score (nSPS) is 11.8. The zero-order valence-electron chi connectivity index (χ0n) is 13.8. The average molecular weight is 345 g/mol. The lowest BCUT2D eigenvalue weighted by molar-refractivity contribution is -0.122. The summed E-state index contributed by atoms with van der Waals surface area (Å²) in [6.45, 7) is 3.80. The van der Waals surface area contributed by atoms with E-state index in [0.717, 1.165) is 5.56 Å². The molecule has 0 bridgehead atoms. The monoisotopic (exact) mass is 344 g/mol. The summed E-state index contributed by atoms with van der Waals surface area (Å²) in [5.41, 5.74) is 1.26. The Morgan fingerprint density at radius 3 is 2.21 bits per heavy atom. The molecule has 24 heavy (non-hydrogen) atoms. The van der Waals surface area contributed by atoms with Crippen LogP contribution in [0.5, 0.6) is 0 Å². The Kier molecular flexibility index (Phi) is 6.38. The zero-order valence-corrected chi connectivity index (χ0v) is 14.5. The third-order valence-corrected chi connectivity index (χ3v) is 3.79. The van der Waals surface area contributed by atoms with Crippen LogP contribution in [0.2, 0.25) is 5.02 Å². The van der Waals surface area contributed by atoms with Crippen LogP contribution < -0.4 is 10.6 Å². The van der Waals surface area contributed by atoms with Gasteiger partial charge in [0.05, 0.1) is 23.0 Å². The number of hydrogen-bond acceptors (Lipinski definition) is 2. The highest BCUT2D eigenvalue weighted by molar-refractivity contribution is 6.33. The number of amides is 2. The van der Waals surface area contributed by atoms with Gasteiger partial charge in [0, 0.05) is 6.04 Å². The van der Waals surface area contributed by atoms with Crippen LogP contribution >= 0.6 is 11.6 Å². The summed E-state index contributed by atoms with van der Waals surface area (Å²) in [7, 11) is 0. The smallest absolute Gasteiger partial charge is 0.253 e. The van der Waals surface area contributed by atoms with Gasteiger partial charge in [0.1, 0.15) is 0 Å². The lowest BCUT2D eigenvalue weighted by atomic mass is 10.0. The maximum Gasteiger partial charge on any atom is 0.253 e. The van der Waals surface area contributed by atoms with E-state index < -0.39 is 6.04 Å². The number of carbonyl (C=O) groups is 2. The number of nitrogens with one attached hydrogen (secondary N) is 2. The van der Waals surface area contributed by atoms with Gasteiger partial charge in [-0.3, -0.25) is 9.59 Å². The molecule has 0 heterocycles. The van der Waals surface area contributed by atoms with Gasteiger partial charge in [0.25, 0.3) is 5.91 Å². The molecule has 0 aliphatic carbocycles. The van der Waals surface area contributed by atoms with Crippen molar-refractivity contribution in [2.45, 2.75) is 32.4 Å². The van der Waals surface area contributed by atoms with Crippen LogP contribution in [0.25, 0.3) is 0 Å². The fourth-order valence-corrected chi connectivity index (χ4v) is 2.61. The molecule has 2 amide bonds. The Bertz CT molecular complexity index is 702. The Morgan fingerprint density at radius 1 is 0.958 bits per heavy atom. The van der Waals surface area contributed by atoms with E-state index in [1.165, 1.54) is 0 Å². The van der Waals surface area contributed by atoms with Gasteiger partial charge < -0.3 is 10.6 Å². The summed E-state index contributed by atoms with van der Waals surface area (Å²) in [5, 5.41) is 6.14. The minimum Gasteiger partial charge on any atom is -0.354 e. The van der Waals surface area contributed by atoms with E-state index >= 15 is 0 Å². The maximum absolute atomic E-state index is 12.5. The third kappa shape index (κ3) is 5.10. The fraction of sp³-hybridized carbons (Fsp3) is 0.263. The maximum atomic E-state index is 12.5. The first-order chi connectivity index (χ1) is 11.5. The van der Waals surface area contributed by atoms with Gasteiger partial charge in [-0.1, -0.05) is 54.1 Å². The summed E-state index contributed by atoms with van der Waals surface area (Å²) >= 11 is 6.08. The van der Waals surface area contributed by atoms with Crippen LogP contribution in [0.4, 0.5) is 0 Å². The molecule has 0 unspecified atom stereocenters. The van der Waals surface area contributed by atoms with Crippen LogP contribution in [-0.2, 0) is 4.79 Å². The van der Waals surface area contributed by atoms with Gasteiger partial charge in [-0.25, -0.2) is 0 Å². The largest absolute Gasteiger partial charge is 0.354 e. The van der Waals surface area contributed by atoms with E-state index in [9.17, 15) is 9.59 Å². The standard InChI is InChI=1S/C19H21ClN2O2/c1-13(2)21-18(23)12-17(14-8-4-3-5-9-14)22-19(24)15-10-6-7-11-16(15)20/h3-11,13,17H,12H2,1-2H3,(H,21,23)(H,22,24)/t17-/m0/s1. The first kappa shape index (κ1) is 18.0. The molecule has 2 rings (SSSR count). The van der Waals surface area contributed by atoms with Crippen molar-refractivity contribution < 1.29 is 9.59 Å². The van der Waals surface area contributed by atoms with E-state index in [1.54, 1.807) is 24.3 Å². The molecule has 1 atom stereocenters. The average Bonchev–Trinajstić information content (AvgIpc) is 2.54. The van der Waals surface area contributed by atoms with Crippen molar-refractivity contribution in [2.75, 3.05) is 0 Å². The predicted molar refractivity (Wildman–Crippen MR) is 96.0 cm³/mol. The fourth-order valence-electron chi connectivity index (χ4n) is 2.39. The first-order valence-electron chi connectivity index (χ1n) is 7.87. The van der Waals surface area contributed by atoms with E-state index in [-0.39, 0.29) is 24.3 Å². The van der Waals surface area contributed by atoms with E-state index in [2.05, 4.69) is 10.6 Å². The van der Waals surface area contributed by atoms with Gasteiger partial charge in [0.15, 0.2) is 0 Å². The van der Waals surface area contributed by atoms with Gasteiger partial charge in [-0.05, 0) is 31.5 Å². The molecule has 126 valence electrons. The molecule has 0 spiro atoms. The number of carbonyl (C=O) groups excluding carboxylic acids is 2. The lowest BCUT2D eigenvalue weighted by Crippen LogP contribution is -2.36. The molecule has 0 aromatic heterocycles. The highest BCUT2D eigenvalue weighted by Gasteiger charge is 2.20. The van der Waals surface area contributed by atoms with Crippen molar-refractivity contribution in [2.24, 2.45) is 0 Å². The van der Waals surface area contributed by atoms with Crippen LogP contribution in [0.3, 0.4) is 0 Å². The Balaban J connectivity index is 2.18. The molecule has 0 fully saturated rings. The van der Waals surface area contributed by atoms with Crippen molar-refractivity contribution in [1.29, 1.82) is 0 Å². The second kappa shape index (κ2) is 8.50. The van der Waals surface area contributed by atoms with Crippen LogP contribution in [-0.4, -0.2) is 17.9 Å². The SMILES string of the molecule is CC(C)NC(=O)C[C@H](NC(=O)c1ccccc1Cl)c1ccccc1. The molecule has 5 heteroatoms. The van der Waals surface area contributed by atoms with E-state index in [0.29, 0.717) is 10.6 Å². The molecule has 4 nitrogen and oxygen atoms in total. The molecule has 0 saturated heterocycles. The minimum absolute atomic E-state index is 0.0493. The Hall–Kier alpha value is -2.33. The van der Waals surface area contributed by atoms with Crippen molar-refractivity contribution >= 4 is 23.4 Å². The van der Waals surface area contributed by atoms with Gasteiger partial charge in [-0.15, -0.1) is 0 Å². The van der Waals surface area contributed by atoms with Gasteiger partial charge >= 0.3 is 0 Å². The number of halogens is 1. The quantitative estimate of drug-likeness (QED) is 0.839. The molecule has 0 radical (unpaired) electrons. The van der Waals surface area contributed by atoms with Crippen molar-refractivity contribution in [3.05, 3.63) is 70.7 Å². The van der Waals surface area contributed by atoms with Gasteiger partial charge in [0.2, 0.25) is 5.91 Å². The Morgan fingerprint density at radius 2 is 1.58 bits per heavy atom. The zero-order chi connectivity index (χ0) is 17.5. The summed E-state index contributed by atoms with van der Waals surface area (Å²) < 4.78 is 0. The van der Waals surface area contributed by atoms with Gasteiger partial charge in [-0.2, -0.15) is 0 Å². The summed E-state index contributed by atoms with van der Waals surface area (Å²) in [6, 6.07) is 15.9. The van der Waals surface area contributed by atoms with Crippen molar-refractivity contribution in [1.82, 2.24) is 10.6 Å². The van der Waals surface area contributed by atoms with Crippen LogP contribution in [0.15, 0.2) is 54.6 Å². The topological polar surface area (TPSA) is 58.2 Å². The minimum atomic E-state index is -0.422. The molecule has 0 saturated carbocycles. The predicted octanol–water partition coefficient (Wildman–Crippen LogP) is 3.73. The van der Waals surface area contributed by atoms with Crippen molar-refractivity contribution in [3.8, 4) is 0 Å². The lowest BCUT2D eigenvalue weighted by Gasteiger charge is -2.20. The van der Waals surface area contributed by atoms with E-state index in [1.807, 2.05) is 44.2 Å². The van der Waals surface area contributed by atoms with Crippen molar-refractivity contribution in [3.63, 3.8) is 0 Å². The first-order valence-corrected chi connectivity index (χ1v) is 8.25. The number of hydrogen-bond donors (Lipinski definition) is 2. The second-order valence-electron chi connectivity index (χ2n) is 5.84. The molecule has 2 aromatic carbocycles. The second-order valence-corrected chi connectivity index (χ2v) is 6.25. The highest BCUT2D eigenvalue weighted by Crippen LogP contribution is 2.20. The van der Waals surface area contributed by atoms with Crippen LogP contribution in [0.1, 0.15) is 42.2 Å².